The van der Waals surface area contributed by atoms with Gasteiger partial charge in [0.1, 0.15) is 0 Å². The predicted molar refractivity (Wildman–Crippen MR) is 64.9 cm³/mol. The van der Waals surface area contributed by atoms with E-state index in [0.29, 0.717) is 6.61 Å². The normalized spacial score (nSPS) is 27.2. The van der Waals surface area contributed by atoms with Crippen LogP contribution in [-0.4, -0.2) is 36.2 Å². The number of aliphatic hydroxyl groups is 1. The van der Waals surface area contributed by atoms with E-state index in [1.54, 1.807) is 0 Å². The first-order valence-corrected chi connectivity index (χ1v) is 6.59. The van der Waals surface area contributed by atoms with Gasteiger partial charge in [-0.3, -0.25) is 0 Å². The van der Waals surface area contributed by atoms with Crippen molar-refractivity contribution in [3.8, 4) is 0 Å². The van der Waals surface area contributed by atoms with E-state index in [2.05, 4.69) is 18.7 Å². The number of hydrogen-bond acceptors (Lipinski definition) is 2. The number of aliphatic hydroxyl groups excluding tert-OH is 1. The van der Waals surface area contributed by atoms with E-state index in [4.69, 9.17) is 5.11 Å². The highest BCUT2D eigenvalue weighted by molar-refractivity contribution is 4.73. The van der Waals surface area contributed by atoms with E-state index in [9.17, 15) is 0 Å². The Labute approximate surface area is 94.7 Å². The van der Waals surface area contributed by atoms with Gasteiger partial charge in [-0.2, -0.15) is 0 Å². The Morgan fingerprint density at radius 2 is 1.80 bits per heavy atom. The van der Waals surface area contributed by atoms with E-state index in [0.717, 1.165) is 24.9 Å². The van der Waals surface area contributed by atoms with Crippen LogP contribution >= 0.6 is 0 Å². The monoisotopic (exact) mass is 213 g/mol. The van der Waals surface area contributed by atoms with E-state index in [1.807, 2.05) is 0 Å². The molecule has 1 aliphatic carbocycles. The molecule has 0 aromatic rings. The van der Waals surface area contributed by atoms with Crippen molar-refractivity contribution in [3.05, 3.63) is 0 Å². The predicted octanol–water partition coefficient (Wildman–Crippen LogP) is 2.52. The lowest BCUT2D eigenvalue weighted by Gasteiger charge is -2.31. The van der Waals surface area contributed by atoms with Gasteiger partial charge in [0, 0.05) is 13.1 Å². The Balaban J connectivity index is 2.24. The van der Waals surface area contributed by atoms with Crippen molar-refractivity contribution < 1.29 is 5.11 Å². The molecular weight excluding hydrogens is 186 g/mol. The van der Waals surface area contributed by atoms with Gasteiger partial charge < -0.3 is 10.0 Å². The minimum atomic E-state index is 0.309. The highest BCUT2D eigenvalue weighted by Gasteiger charge is 2.19. The molecule has 15 heavy (non-hydrogen) atoms. The van der Waals surface area contributed by atoms with Crippen LogP contribution in [0.5, 0.6) is 0 Å². The second kappa shape index (κ2) is 7.24. The van der Waals surface area contributed by atoms with Crippen molar-refractivity contribution in [2.75, 3.05) is 26.2 Å². The van der Waals surface area contributed by atoms with Crippen molar-refractivity contribution in [2.24, 2.45) is 11.8 Å². The zero-order chi connectivity index (χ0) is 11.1. The lowest BCUT2D eigenvalue weighted by molar-refractivity contribution is 0.152. The summed E-state index contributed by atoms with van der Waals surface area (Å²) in [5, 5.41) is 8.99. The summed E-state index contributed by atoms with van der Waals surface area (Å²) in [5.41, 5.74) is 0. The summed E-state index contributed by atoms with van der Waals surface area (Å²) in [6.07, 6.45) is 6.80. The van der Waals surface area contributed by atoms with Gasteiger partial charge in [-0.25, -0.2) is 0 Å². The summed E-state index contributed by atoms with van der Waals surface area (Å²) in [4.78, 5) is 2.43. The van der Waals surface area contributed by atoms with Crippen LogP contribution in [0.15, 0.2) is 0 Å². The maximum Gasteiger partial charge on any atom is 0.0558 e. The van der Waals surface area contributed by atoms with Gasteiger partial charge in [-0.15, -0.1) is 0 Å². The second-order valence-corrected chi connectivity index (χ2v) is 5.15. The molecule has 0 unspecified atom stereocenters. The van der Waals surface area contributed by atoms with Gasteiger partial charge in [0.2, 0.25) is 0 Å². The van der Waals surface area contributed by atoms with Crippen LogP contribution in [0.1, 0.15) is 46.0 Å². The van der Waals surface area contributed by atoms with E-state index >= 15 is 0 Å². The molecule has 2 heteroatoms. The van der Waals surface area contributed by atoms with Gasteiger partial charge in [0.15, 0.2) is 0 Å². The molecule has 0 aromatic carbocycles. The molecule has 0 aromatic heterocycles. The molecule has 1 aliphatic rings. The van der Waals surface area contributed by atoms with E-state index < -0.39 is 0 Å². The summed E-state index contributed by atoms with van der Waals surface area (Å²) >= 11 is 0. The standard InChI is InChI=1S/C13H27NO/c1-3-8-14(9-10-15)11-13-6-4-12(2)5-7-13/h12-13,15H,3-11H2,1-2H3. The van der Waals surface area contributed by atoms with Gasteiger partial charge in [-0.05, 0) is 37.6 Å². The Morgan fingerprint density at radius 1 is 1.13 bits per heavy atom. The van der Waals surface area contributed by atoms with Crippen molar-refractivity contribution in [2.45, 2.75) is 46.0 Å². The number of hydrogen-bond donors (Lipinski definition) is 1. The van der Waals surface area contributed by atoms with Crippen LogP contribution in [0.3, 0.4) is 0 Å². The fourth-order valence-electron chi connectivity index (χ4n) is 2.63. The lowest BCUT2D eigenvalue weighted by Crippen LogP contribution is -2.34. The average Bonchev–Trinajstić information content (AvgIpc) is 2.22. The largest absolute Gasteiger partial charge is 0.395 e. The van der Waals surface area contributed by atoms with E-state index in [-0.39, 0.29) is 0 Å². The Hall–Kier alpha value is -0.0800. The fraction of sp³-hybridized carbons (Fsp3) is 1.00. The van der Waals surface area contributed by atoms with Crippen LogP contribution in [-0.2, 0) is 0 Å². The first-order chi connectivity index (χ1) is 7.26. The molecule has 90 valence electrons. The Morgan fingerprint density at radius 3 is 2.33 bits per heavy atom. The molecule has 0 saturated heterocycles. The maximum absolute atomic E-state index is 8.99. The number of rotatable bonds is 6. The third-order valence-corrected chi connectivity index (χ3v) is 3.61. The van der Waals surface area contributed by atoms with Crippen LogP contribution in [0.2, 0.25) is 0 Å². The molecule has 0 radical (unpaired) electrons. The van der Waals surface area contributed by atoms with Gasteiger partial charge >= 0.3 is 0 Å². The molecule has 2 nitrogen and oxygen atoms in total. The Kier molecular flexibility index (Phi) is 6.26. The molecule has 0 atom stereocenters. The quantitative estimate of drug-likeness (QED) is 0.733. The lowest BCUT2D eigenvalue weighted by atomic mass is 9.83. The van der Waals surface area contributed by atoms with Crippen LogP contribution < -0.4 is 0 Å². The highest BCUT2D eigenvalue weighted by atomic mass is 16.3. The average molecular weight is 213 g/mol. The summed E-state index contributed by atoms with van der Waals surface area (Å²) in [5.74, 6) is 1.83. The molecule has 1 saturated carbocycles. The zero-order valence-corrected chi connectivity index (χ0v) is 10.4. The second-order valence-electron chi connectivity index (χ2n) is 5.15. The summed E-state index contributed by atoms with van der Waals surface area (Å²) < 4.78 is 0. The van der Waals surface area contributed by atoms with Crippen LogP contribution in [0.4, 0.5) is 0 Å². The molecule has 0 bridgehead atoms. The third-order valence-electron chi connectivity index (χ3n) is 3.61. The summed E-state index contributed by atoms with van der Waals surface area (Å²) in [6.45, 7) is 8.11. The Bertz CT molecular complexity index is 147. The molecule has 0 amide bonds. The van der Waals surface area contributed by atoms with Crippen molar-refractivity contribution in [1.29, 1.82) is 0 Å². The topological polar surface area (TPSA) is 23.5 Å². The fourth-order valence-corrected chi connectivity index (χ4v) is 2.63. The summed E-state index contributed by atoms with van der Waals surface area (Å²) in [7, 11) is 0. The minimum absolute atomic E-state index is 0.309. The molecule has 0 spiro atoms. The van der Waals surface area contributed by atoms with E-state index in [1.165, 1.54) is 38.6 Å². The molecular formula is C13H27NO. The maximum atomic E-state index is 8.99. The molecule has 0 aliphatic heterocycles. The van der Waals surface area contributed by atoms with Crippen molar-refractivity contribution >= 4 is 0 Å². The number of nitrogens with zero attached hydrogens (tertiary/aromatic N) is 1. The molecule has 1 rings (SSSR count). The van der Waals surface area contributed by atoms with Gasteiger partial charge in [0.05, 0.1) is 6.61 Å². The van der Waals surface area contributed by atoms with Gasteiger partial charge in [-0.1, -0.05) is 26.7 Å². The van der Waals surface area contributed by atoms with Crippen LogP contribution in [0, 0.1) is 11.8 Å². The first-order valence-electron chi connectivity index (χ1n) is 6.59. The minimum Gasteiger partial charge on any atom is -0.395 e. The third kappa shape index (κ3) is 4.98. The molecule has 1 N–H and O–H groups in total. The summed E-state index contributed by atoms with van der Waals surface area (Å²) in [6, 6.07) is 0. The van der Waals surface area contributed by atoms with Crippen molar-refractivity contribution in [3.63, 3.8) is 0 Å². The van der Waals surface area contributed by atoms with Crippen LogP contribution in [0.25, 0.3) is 0 Å². The van der Waals surface area contributed by atoms with Gasteiger partial charge in [0.25, 0.3) is 0 Å². The van der Waals surface area contributed by atoms with Crippen molar-refractivity contribution in [1.82, 2.24) is 4.90 Å². The zero-order valence-electron chi connectivity index (χ0n) is 10.4. The smallest absolute Gasteiger partial charge is 0.0558 e. The highest BCUT2D eigenvalue weighted by Crippen LogP contribution is 2.28. The SMILES string of the molecule is CCCN(CCO)CC1CCC(C)CC1. The molecule has 0 heterocycles. The molecule has 1 fully saturated rings. The first kappa shape index (κ1) is 13.0.